The Hall–Kier alpha value is -1.93. The summed E-state index contributed by atoms with van der Waals surface area (Å²) in [6.45, 7) is 11.3. The van der Waals surface area contributed by atoms with E-state index in [4.69, 9.17) is 4.74 Å². The Bertz CT molecular complexity index is 967. The van der Waals surface area contributed by atoms with Gasteiger partial charge in [0.15, 0.2) is 0 Å². The molecule has 2 aliphatic heterocycles. The highest BCUT2D eigenvalue weighted by Gasteiger charge is 2.34. The minimum atomic E-state index is -3.54. The number of carbonyl (C=O) groups is 2. The molecule has 33 heavy (non-hydrogen) atoms. The number of amides is 1. The van der Waals surface area contributed by atoms with E-state index in [0.29, 0.717) is 50.3 Å². The Morgan fingerprint density at radius 3 is 2.15 bits per heavy atom. The zero-order valence-electron chi connectivity index (χ0n) is 20.6. The van der Waals surface area contributed by atoms with Crippen molar-refractivity contribution in [3.63, 3.8) is 0 Å². The molecule has 0 radical (unpaired) electrons. The van der Waals surface area contributed by atoms with Gasteiger partial charge < -0.3 is 9.64 Å². The molecule has 0 unspecified atom stereocenters. The maximum Gasteiger partial charge on any atom is 0.410 e. The Labute approximate surface area is 198 Å². The van der Waals surface area contributed by atoms with Crippen molar-refractivity contribution in [3.8, 4) is 0 Å². The number of ether oxygens (including phenoxy) is 1. The van der Waals surface area contributed by atoms with Crippen LogP contribution >= 0.6 is 0 Å². The molecule has 1 aromatic rings. The number of nitrogens with zero attached hydrogens (tertiary/aromatic N) is 2. The molecule has 0 aromatic heterocycles. The van der Waals surface area contributed by atoms with Crippen molar-refractivity contribution in [2.24, 2.45) is 11.8 Å². The van der Waals surface area contributed by atoms with Crippen LogP contribution in [0.1, 0.15) is 64.0 Å². The normalized spacial score (nSPS) is 19.5. The molecule has 2 aliphatic rings. The molecule has 0 bridgehead atoms. The van der Waals surface area contributed by atoms with Crippen LogP contribution in [0.2, 0.25) is 0 Å². The van der Waals surface area contributed by atoms with E-state index in [1.807, 2.05) is 46.8 Å². The van der Waals surface area contributed by atoms with Crippen molar-refractivity contribution in [3.05, 3.63) is 29.3 Å². The van der Waals surface area contributed by atoms with Gasteiger partial charge in [-0.25, -0.2) is 13.2 Å². The molecule has 2 heterocycles. The van der Waals surface area contributed by atoms with Crippen molar-refractivity contribution in [2.75, 3.05) is 26.2 Å². The van der Waals surface area contributed by atoms with Gasteiger partial charge in [-0.2, -0.15) is 4.31 Å². The predicted molar refractivity (Wildman–Crippen MR) is 128 cm³/mol. The fraction of sp³-hybridized carbons (Fsp3) is 0.680. The number of ketones is 1. The second-order valence-corrected chi connectivity index (χ2v) is 12.4. The number of rotatable bonds is 5. The number of hydrogen-bond acceptors (Lipinski definition) is 5. The molecule has 1 aromatic carbocycles. The third-order valence-corrected chi connectivity index (χ3v) is 8.67. The van der Waals surface area contributed by atoms with Crippen LogP contribution < -0.4 is 0 Å². The number of benzene rings is 1. The molecule has 0 spiro atoms. The van der Waals surface area contributed by atoms with Crippen LogP contribution in [0.15, 0.2) is 23.1 Å². The number of carbonyl (C=O) groups excluding carboxylic acids is 2. The highest BCUT2D eigenvalue weighted by atomic mass is 32.2. The summed E-state index contributed by atoms with van der Waals surface area (Å²) in [7, 11) is -3.54. The summed E-state index contributed by atoms with van der Waals surface area (Å²) in [4.78, 5) is 27.2. The molecule has 3 rings (SSSR count). The van der Waals surface area contributed by atoms with E-state index in [9.17, 15) is 18.0 Å². The van der Waals surface area contributed by atoms with Crippen LogP contribution in [0.5, 0.6) is 0 Å². The Balaban J connectivity index is 1.48. The molecule has 1 amide bonds. The number of piperidine rings is 2. The Morgan fingerprint density at radius 2 is 1.61 bits per heavy atom. The fourth-order valence-electron chi connectivity index (χ4n) is 4.74. The van der Waals surface area contributed by atoms with E-state index < -0.39 is 15.6 Å². The van der Waals surface area contributed by atoms with Gasteiger partial charge in [0.25, 0.3) is 0 Å². The fourth-order valence-corrected chi connectivity index (χ4v) is 6.42. The summed E-state index contributed by atoms with van der Waals surface area (Å²) in [6, 6.07) is 5.39. The molecule has 2 saturated heterocycles. The smallest absolute Gasteiger partial charge is 0.410 e. The zero-order valence-corrected chi connectivity index (χ0v) is 21.4. The minimum Gasteiger partial charge on any atom is -0.444 e. The molecular formula is C25H38N2O5S. The van der Waals surface area contributed by atoms with Crippen LogP contribution in [-0.4, -0.2) is 61.3 Å². The molecule has 8 heteroatoms. The average molecular weight is 479 g/mol. The third-order valence-electron chi connectivity index (χ3n) is 6.61. The molecular weight excluding hydrogens is 440 g/mol. The number of aryl methyl sites for hydroxylation is 2. The second kappa shape index (κ2) is 10.1. The van der Waals surface area contributed by atoms with Gasteiger partial charge in [0.05, 0.1) is 4.90 Å². The summed E-state index contributed by atoms with van der Waals surface area (Å²) in [5, 5.41) is 0. The summed E-state index contributed by atoms with van der Waals surface area (Å²) < 4.78 is 33.1. The standard InChI is InChI=1S/C25H38N2O5S/c1-18-6-7-23(19(2)16-18)33(30,31)27-14-10-21(11-15-27)22(28)17-20-8-12-26(13-9-20)24(29)32-25(3,4)5/h6-7,16,20-21H,8-15,17H2,1-5H3. The quantitative estimate of drug-likeness (QED) is 0.630. The van der Waals surface area contributed by atoms with Crippen molar-refractivity contribution in [1.82, 2.24) is 9.21 Å². The molecule has 2 fully saturated rings. The van der Waals surface area contributed by atoms with E-state index in [-0.39, 0.29) is 23.7 Å². The van der Waals surface area contributed by atoms with Crippen LogP contribution in [0.25, 0.3) is 0 Å². The zero-order chi connectivity index (χ0) is 24.4. The van der Waals surface area contributed by atoms with E-state index in [2.05, 4.69) is 0 Å². The summed E-state index contributed by atoms with van der Waals surface area (Å²) >= 11 is 0. The number of hydrogen-bond donors (Lipinski definition) is 0. The first kappa shape index (κ1) is 25.7. The monoisotopic (exact) mass is 478 g/mol. The lowest BCUT2D eigenvalue weighted by Gasteiger charge is -2.34. The largest absolute Gasteiger partial charge is 0.444 e. The molecule has 7 nitrogen and oxygen atoms in total. The van der Waals surface area contributed by atoms with Gasteiger partial charge in [-0.3, -0.25) is 4.79 Å². The van der Waals surface area contributed by atoms with Gasteiger partial charge in [-0.05, 0) is 77.8 Å². The second-order valence-electron chi connectivity index (χ2n) is 10.5. The van der Waals surface area contributed by atoms with Gasteiger partial charge in [0, 0.05) is 38.5 Å². The molecule has 0 N–H and O–H groups in total. The van der Waals surface area contributed by atoms with Gasteiger partial charge >= 0.3 is 6.09 Å². The summed E-state index contributed by atoms with van der Waals surface area (Å²) in [5.74, 6) is 0.418. The van der Waals surface area contributed by atoms with E-state index in [1.165, 1.54) is 4.31 Å². The van der Waals surface area contributed by atoms with E-state index >= 15 is 0 Å². The van der Waals surface area contributed by atoms with E-state index in [0.717, 1.165) is 24.0 Å². The lowest BCUT2D eigenvalue weighted by molar-refractivity contribution is -0.125. The SMILES string of the molecule is Cc1ccc(S(=O)(=O)N2CCC(C(=O)CC3CCN(C(=O)OC(C)(C)C)CC3)CC2)c(C)c1. The Morgan fingerprint density at radius 1 is 1.00 bits per heavy atom. The molecule has 0 aliphatic carbocycles. The molecule has 0 atom stereocenters. The average Bonchev–Trinajstić information content (AvgIpc) is 2.73. The molecule has 0 saturated carbocycles. The highest BCUT2D eigenvalue weighted by Crippen LogP contribution is 2.30. The van der Waals surface area contributed by atoms with E-state index in [1.54, 1.807) is 11.0 Å². The highest BCUT2D eigenvalue weighted by molar-refractivity contribution is 7.89. The maximum atomic E-state index is 13.1. The first-order valence-corrected chi connectivity index (χ1v) is 13.4. The van der Waals surface area contributed by atoms with Crippen molar-refractivity contribution in [2.45, 2.75) is 77.2 Å². The number of sulfonamides is 1. The lowest BCUT2D eigenvalue weighted by atomic mass is 9.84. The summed E-state index contributed by atoms with van der Waals surface area (Å²) in [6.07, 6.45) is 2.95. The third kappa shape index (κ3) is 6.57. The number of Topliss-reactive ketones (excluding diaryl/α,β-unsaturated/α-hetero) is 1. The van der Waals surface area contributed by atoms with Gasteiger partial charge in [-0.15, -0.1) is 0 Å². The van der Waals surface area contributed by atoms with Gasteiger partial charge in [0.1, 0.15) is 11.4 Å². The molecule has 184 valence electrons. The maximum absolute atomic E-state index is 13.1. The van der Waals surface area contributed by atoms with Crippen LogP contribution in [0, 0.1) is 25.7 Å². The van der Waals surface area contributed by atoms with Crippen LogP contribution in [0.3, 0.4) is 0 Å². The lowest BCUT2D eigenvalue weighted by Crippen LogP contribution is -2.43. The Kier molecular flexibility index (Phi) is 7.89. The van der Waals surface area contributed by atoms with Gasteiger partial charge in [0.2, 0.25) is 10.0 Å². The van der Waals surface area contributed by atoms with Crippen LogP contribution in [0.4, 0.5) is 4.79 Å². The first-order valence-electron chi connectivity index (χ1n) is 11.9. The minimum absolute atomic E-state index is 0.0838. The number of likely N-dealkylation sites (tertiary alicyclic amines) is 1. The van der Waals surface area contributed by atoms with Crippen molar-refractivity contribution >= 4 is 21.9 Å². The first-order chi connectivity index (χ1) is 15.4. The van der Waals surface area contributed by atoms with Crippen molar-refractivity contribution in [1.29, 1.82) is 0 Å². The predicted octanol–water partition coefficient (Wildman–Crippen LogP) is 4.31. The van der Waals surface area contributed by atoms with Crippen molar-refractivity contribution < 1.29 is 22.7 Å². The van der Waals surface area contributed by atoms with Gasteiger partial charge in [-0.1, -0.05) is 17.7 Å². The summed E-state index contributed by atoms with van der Waals surface area (Å²) in [5.41, 5.74) is 1.28. The topological polar surface area (TPSA) is 84.0 Å². The van der Waals surface area contributed by atoms with Crippen LogP contribution in [-0.2, 0) is 19.6 Å².